The van der Waals surface area contributed by atoms with Crippen molar-refractivity contribution in [1.29, 1.82) is 0 Å². The van der Waals surface area contributed by atoms with Crippen molar-refractivity contribution in [1.82, 2.24) is 19.7 Å². The van der Waals surface area contributed by atoms with E-state index in [0.717, 1.165) is 61.1 Å². The topological polar surface area (TPSA) is 72.7 Å². The molecule has 2 aromatic heterocycles. The lowest BCUT2D eigenvalue weighted by atomic mass is 10.3. The number of morpholine rings is 1. The van der Waals surface area contributed by atoms with Crippen molar-refractivity contribution in [3.8, 4) is 5.75 Å². The van der Waals surface area contributed by atoms with Crippen LogP contribution in [0.2, 0.25) is 0 Å². The molecule has 1 aliphatic rings. The van der Waals surface area contributed by atoms with Gasteiger partial charge in [-0.05, 0) is 39.0 Å². The predicted molar refractivity (Wildman–Crippen MR) is 122 cm³/mol. The summed E-state index contributed by atoms with van der Waals surface area (Å²) in [5, 5.41) is 5.18. The number of fused-ring (bicyclic) bond motifs is 1. The summed E-state index contributed by atoms with van der Waals surface area (Å²) in [6.45, 7) is 11.8. The van der Waals surface area contributed by atoms with Gasteiger partial charge in [-0.1, -0.05) is 17.4 Å². The maximum atomic E-state index is 13.5. The maximum Gasteiger partial charge on any atom is 0.280 e. The van der Waals surface area contributed by atoms with E-state index in [9.17, 15) is 4.79 Å². The molecule has 0 aliphatic carbocycles. The highest BCUT2D eigenvalue weighted by molar-refractivity contribution is 7.22. The van der Waals surface area contributed by atoms with Gasteiger partial charge in [0.25, 0.3) is 5.91 Å². The van der Waals surface area contributed by atoms with Gasteiger partial charge in [-0.2, -0.15) is 5.10 Å². The quantitative estimate of drug-likeness (QED) is 0.532. The van der Waals surface area contributed by atoms with Gasteiger partial charge in [-0.3, -0.25) is 19.3 Å². The average Bonchev–Trinajstić information content (AvgIpc) is 3.38. The molecule has 1 aromatic carbocycles. The predicted octanol–water partition coefficient (Wildman–Crippen LogP) is 3.20. The zero-order valence-corrected chi connectivity index (χ0v) is 19.2. The Labute approximate surface area is 186 Å². The summed E-state index contributed by atoms with van der Waals surface area (Å²) in [6.07, 6.45) is 0. The summed E-state index contributed by atoms with van der Waals surface area (Å²) in [5.41, 5.74) is 2.22. The van der Waals surface area contributed by atoms with E-state index < -0.39 is 0 Å². The fraction of sp³-hybridized carbons (Fsp3) is 0.500. The number of ether oxygens (including phenoxy) is 2. The molecule has 9 heteroatoms. The van der Waals surface area contributed by atoms with Crippen LogP contribution in [-0.4, -0.2) is 71.6 Å². The molecule has 0 radical (unpaired) electrons. The Morgan fingerprint density at radius 2 is 2.10 bits per heavy atom. The Morgan fingerprint density at radius 1 is 1.29 bits per heavy atom. The van der Waals surface area contributed by atoms with Crippen LogP contribution in [0.1, 0.15) is 30.0 Å². The summed E-state index contributed by atoms with van der Waals surface area (Å²) in [5.74, 6) is 0.620. The third-order valence-corrected chi connectivity index (χ3v) is 6.43. The Kier molecular flexibility index (Phi) is 6.84. The molecule has 1 amide bonds. The molecule has 0 saturated carbocycles. The van der Waals surface area contributed by atoms with Crippen molar-refractivity contribution in [2.45, 2.75) is 27.3 Å². The second kappa shape index (κ2) is 9.76. The summed E-state index contributed by atoms with van der Waals surface area (Å²) >= 11 is 1.51. The molecule has 3 aromatic rings. The molecule has 0 N–H and O–H groups in total. The first-order valence-corrected chi connectivity index (χ1v) is 11.6. The Hall–Kier alpha value is -2.49. The molecule has 1 fully saturated rings. The van der Waals surface area contributed by atoms with Crippen LogP contribution in [0.25, 0.3) is 10.2 Å². The van der Waals surface area contributed by atoms with Gasteiger partial charge in [-0.25, -0.2) is 4.98 Å². The molecule has 1 aliphatic heterocycles. The van der Waals surface area contributed by atoms with Gasteiger partial charge in [0, 0.05) is 38.4 Å². The van der Waals surface area contributed by atoms with Crippen LogP contribution >= 0.6 is 11.3 Å². The fourth-order valence-electron chi connectivity index (χ4n) is 3.72. The zero-order valence-electron chi connectivity index (χ0n) is 18.3. The largest absolute Gasteiger partial charge is 0.492 e. The number of carbonyl (C=O) groups excluding carboxylic acids is 1. The summed E-state index contributed by atoms with van der Waals surface area (Å²) in [7, 11) is 0. The van der Waals surface area contributed by atoms with E-state index in [2.05, 4.69) is 10.00 Å². The van der Waals surface area contributed by atoms with Crippen molar-refractivity contribution >= 4 is 32.6 Å². The molecule has 1 saturated heterocycles. The zero-order chi connectivity index (χ0) is 21.8. The molecule has 3 heterocycles. The van der Waals surface area contributed by atoms with Crippen LogP contribution in [0.5, 0.6) is 5.75 Å². The summed E-state index contributed by atoms with van der Waals surface area (Å²) in [4.78, 5) is 22.4. The third kappa shape index (κ3) is 4.73. The molecular weight excluding hydrogens is 414 g/mol. The molecule has 8 nitrogen and oxygen atoms in total. The molecule has 4 rings (SSSR count). The fourth-order valence-corrected chi connectivity index (χ4v) is 4.73. The standard InChI is InChI=1S/C22H29N5O3S/c1-4-27-16(3)15-17(24-27)21(28)26(10-9-25-11-13-29-14-12-25)22-23-20-18(30-5-2)7-6-8-19(20)31-22/h6-8,15H,4-5,9-14H2,1-3H3. The lowest BCUT2D eigenvalue weighted by Gasteiger charge is -2.29. The number of rotatable bonds is 8. The highest BCUT2D eigenvalue weighted by Crippen LogP contribution is 2.34. The number of thiazole rings is 1. The van der Waals surface area contributed by atoms with Crippen LogP contribution < -0.4 is 9.64 Å². The number of aryl methyl sites for hydroxylation is 2. The normalized spacial score (nSPS) is 14.8. The monoisotopic (exact) mass is 443 g/mol. The first-order valence-electron chi connectivity index (χ1n) is 10.8. The number of hydrogen-bond acceptors (Lipinski definition) is 7. The SMILES string of the molecule is CCOc1cccc2sc(N(CCN3CCOCC3)C(=O)c3cc(C)n(CC)n3)nc12. The van der Waals surface area contributed by atoms with Gasteiger partial charge < -0.3 is 9.47 Å². The van der Waals surface area contributed by atoms with Crippen molar-refractivity contribution in [3.05, 3.63) is 35.7 Å². The van der Waals surface area contributed by atoms with Gasteiger partial charge in [0.1, 0.15) is 11.3 Å². The number of nitrogens with zero attached hydrogens (tertiary/aromatic N) is 5. The second-order valence-electron chi connectivity index (χ2n) is 7.43. The minimum absolute atomic E-state index is 0.124. The Morgan fingerprint density at radius 3 is 2.81 bits per heavy atom. The number of para-hydroxylation sites is 1. The molecule has 0 atom stereocenters. The first kappa shape index (κ1) is 21.7. The number of carbonyl (C=O) groups is 1. The number of amides is 1. The van der Waals surface area contributed by atoms with E-state index in [-0.39, 0.29) is 5.91 Å². The second-order valence-corrected chi connectivity index (χ2v) is 8.44. The Bertz CT molecular complexity index is 1040. The molecule has 0 spiro atoms. The van der Waals surface area contributed by atoms with E-state index in [4.69, 9.17) is 14.5 Å². The van der Waals surface area contributed by atoms with Crippen LogP contribution in [0.3, 0.4) is 0 Å². The maximum absolute atomic E-state index is 13.5. The average molecular weight is 444 g/mol. The van der Waals surface area contributed by atoms with Crippen LogP contribution in [0.4, 0.5) is 5.13 Å². The lowest BCUT2D eigenvalue weighted by Crippen LogP contribution is -2.43. The minimum atomic E-state index is -0.124. The van der Waals surface area contributed by atoms with Gasteiger partial charge in [-0.15, -0.1) is 0 Å². The van der Waals surface area contributed by atoms with Gasteiger partial charge in [0.05, 0.1) is 24.5 Å². The minimum Gasteiger partial charge on any atom is -0.492 e. The highest BCUT2D eigenvalue weighted by Gasteiger charge is 2.25. The smallest absolute Gasteiger partial charge is 0.280 e. The first-order chi connectivity index (χ1) is 15.1. The summed E-state index contributed by atoms with van der Waals surface area (Å²) in [6, 6.07) is 7.75. The number of hydrogen-bond donors (Lipinski definition) is 0. The van der Waals surface area contributed by atoms with E-state index in [1.807, 2.05) is 49.7 Å². The molecule has 166 valence electrons. The van der Waals surface area contributed by atoms with Crippen LogP contribution in [0, 0.1) is 6.92 Å². The number of aromatic nitrogens is 3. The van der Waals surface area contributed by atoms with Crippen LogP contribution in [0.15, 0.2) is 24.3 Å². The number of anilines is 1. The van der Waals surface area contributed by atoms with Crippen LogP contribution in [-0.2, 0) is 11.3 Å². The van der Waals surface area contributed by atoms with Gasteiger partial charge >= 0.3 is 0 Å². The number of benzene rings is 1. The van der Waals surface area contributed by atoms with Crippen molar-refractivity contribution in [2.24, 2.45) is 0 Å². The van der Waals surface area contributed by atoms with Crippen molar-refractivity contribution in [3.63, 3.8) is 0 Å². The lowest BCUT2D eigenvalue weighted by molar-refractivity contribution is 0.0391. The summed E-state index contributed by atoms with van der Waals surface area (Å²) < 4.78 is 14.0. The highest BCUT2D eigenvalue weighted by atomic mass is 32.1. The van der Waals surface area contributed by atoms with E-state index in [1.165, 1.54) is 11.3 Å². The Balaban J connectivity index is 1.66. The molecule has 0 unspecified atom stereocenters. The molecular formula is C22H29N5O3S. The van der Waals surface area contributed by atoms with Crippen molar-refractivity contribution < 1.29 is 14.3 Å². The van der Waals surface area contributed by atoms with Gasteiger partial charge in [0.15, 0.2) is 10.8 Å². The van der Waals surface area contributed by atoms with E-state index in [0.29, 0.717) is 24.0 Å². The van der Waals surface area contributed by atoms with E-state index in [1.54, 1.807) is 4.90 Å². The molecule has 31 heavy (non-hydrogen) atoms. The third-order valence-electron chi connectivity index (χ3n) is 5.39. The molecule has 0 bridgehead atoms. The van der Waals surface area contributed by atoms with Crippen molar-refractivity contribution in [2.75, 3.05) is 50.9 Å². The van der Waals surface area contributed by atoms with Gasteiger partial charge in [0.2, 0.25) is 0 Å². The van der Waals surface area contributed by atoms with E-state index >= 15 is 0 Å².